The van der Waals surface area contributed by atoms with Gasteiger partial charge in [0.15, 0.2) is 9.79 Å². The Bertz CT molecular complexity index is 2590. The maximum atomic E-state index is 13.8. The van der Waals surface area contributed by atoms with E-state index in [4.69, 9.17) is 0 Å². The molecule has 0 N–H and O–H groups in total. The SMILES string of the molecule is O=[N+]([O-])c1cc(C(F)(F)F)ccc1S(=O)(=O)c1nnc(CCCCCc2nnc(S(=O)(=O)c3ccc(C(F)(F)F)cc3[N+](=O)[O-])n2-c2ccccc2)n1-c1ccccc1. The number of halogens is 6. The fraction of sp³-hybridized carbons (Fsp3) is 0.200. The molecular weight excluding hydrogens is 839 g/mol. The van der Waals surface area contributed by atoms with Gasteiger partial charge in [0.2, 0.25) is 19.7 Å². The number of benzene rings is 4. The molecule has 2 heterocycles. The number of unbranched alkanes of at least 4 members (excludes halogenated alkanes) is 2. The average Bonchev–Trinajstić information content (AvgIpc) is 3.83. The molecule has 0 unspecified atom stereocenters. The third-order valence-electron chi connectivity index (χ3n) is 8.76. The summed E-state index contributed by atoms with van der Waals surface area (Å²) in [6.45, 7) is 0. The van der Waals surface area contributed by atoms with Gasteiger partial charge in [-0.05, 0) is 61.4 Å². The molecule has 16 nitrogen and oxygen atoms in total. The molecule has 24 heteroatoms. The second kappa shape index (κ2) is 16.0. The minimum absolute atomic E-state index is 0.0507. The van der Waals surface area contributed by atoms with Crippen molar-refractivity contribution in [3.63, 3.8) is 0 Å². The molecule has 0 bridgehead atoms. The number of nitrogens with zero attached hydrogens (tertiary/aromatic N) is 8. The van der Waals surface area contributed by atoms with Crippen molar-refractivity contribution in [2.45, 2.75) is 64.6 Å². The number of rotatable bonds is 14. The van der Waals surface area contributed by atoms with Gasteiger partial charge in [-0.15, -0.1) is 20.4 Å². The van der Waals surface area contributed by atoms with E-state index in [1.54, 1.807) is 36.4 Å². The molecule has 0 atom stereocenters. The van der Waals surface area contributed by atoms with E-state index in [1.165, 1.54) is 24.3 Å². The van der Waals surface area contributed by atoms with Gasteiger partial charge in [0, 0.05) is 36.3 Å². The van der Waals surface area contributed by atoms with Crippen LogP contribution in [0.1, 0.15) is 42.0 Å². The van der Waals surface area contributed by atoms with Gasteiger partial charge in [0.25, 0.3) is 21.7 Å². The van der Waals surface area contributed by atoms with Gasteiger partial charge < -0.3 is 0 Å². The molecule has 59 heavy (non-hydrogen) atoms. The van der Waals surface area contributed by atoms with Crippen molar-refractivity contribution in [3.05, 3.63) is 140 Å². The maximum Gasteiger partial charge on any atom is 0.416 e. The first-order valence-electron chi connectivity index (χ1n) is 16.9. The average molecular weight is 865 g/mol. The Balaban J connectivity index is 1.27. The Hall–Kier alpha value is -6.56. The number of nitro groups is 2. The number of para-hydroxylation sites is 2. The van der Waals surface area contributed by atoms with Gasteiger partial charge >= 0.3 is 12.4 Å². The normalized spacial score (nSPS) is 12.4. The van der Waals surface area contributed by atoms with Crippen LogP contribution in [0.4, 0.5) is 37.7 Å². The predicted molar refractivity (Wildman–Crippen MR) is 191 cm³/mol. The smallest absolute Gasteiger partial charge is 0.270 e. The Kier molecular flexibility index (Phi) is 11.4. The molecule has 0 spiro atoms. The van der Waals surface area contributed by atoms with Crippen molar-refractivity contribution in [2.24, 2.45) is 0 Å². The number of alkyl halides is 6. The lowest BCUT2D eigenvalue weighted by molar-refractivity contribution is -0.388. The zero-order valence-electron chi connectivity index (χ0n) is 29.7. The molecule has 0 saturated heterocycles. The highest BCUT2D eigenvalue weighted by molar-refractivity contribution is 7.91. The van der Waals surface area contributed by atoms with Gasteiger partial charge in [-0.2, -0.15) is 26.3 Å². The second-order valence-corrected chi connectivity index (χ2v) is 16.2. The Morgan fingerprint density at radius 3 is 1.20 bits per heavy atom. The van der Waals surface area contributed by atoms with Crippen LogP contribution in [0.2, 0.25) is 0 Å². The summed E-state index contributed by atoms with van der Waals surface area (Å²) in [5.41, 5.74) is -5.06. The number of aryl methyl sites for hydroxylation is 2. The van der Waals surface area contributed by atoms with Gasteiger partial charge in [0.05, 0.1) is 21.0 Å². The van der Waals surface area contributed by atoms with Crippen LogP contribution in [-0.4, -0.2) is 56.2 Å². The van der Waals surface area contributed by atoms with Gasteiger partial charge in [0.1, 0.15) is 11.6 Å². The minimum Gasteiger partial charge on any atom is -0.270 e. The van der Waals surface area contributed by atoms with Crippen molar-refractivity contribution in [1.29, 1.82) is 0 Å². The van der Waals surface area contributed by atoms with E-state index in [1.807, 2.05) is 0 Å². The molecule has 4 aromatic carbocycles. The van der Waals surface area contributed by atoms with Crippen LogP contribution >= 0.6 is 0 Å². The maximum absolute atomic E-state index is 13.8. The molecule has 308 valence electrons. The molecule has 0 fully saturated rings. The van der Waals surface area contributed by atoms with E-state index < -0.39 is 84.5 Å². The van der Waals surface area contributed by atoms with Crippen molar-refractivity contribution < 1.29 is 53.0 Å². The van der Waals surface area contributed by atoms with E-state index in [-0.39, 0.29) is 60.8 Å². The summed E-state index contributed by atoms with van der Waals surface area (Å²) in [6.07, 6.45) is -8.98. The molecule has 2 aromatic heterocycles. The highest BCUT2D eigenvalue weighted by atomic mass is 32.2. The third-order valence-corrected chi connectivity index (χ3v) is 12.1. The highest BCUT2D eigenvalue weighted by Gasteiger charge is 2.40. The minimum atomic E-state index is -5.00. The molecule has 6 rings (SSSR count). The molecular formula is C35H26F6N8O8S2. The number of aromatic nitrogens is 6. The van der Waals surface area contributed by atoms with E-state index >= 15 is 0 Å². The van der Waals surface area contributed by atoms with E-state index in [2.05, 4.69) is 20.4 Å². The zero-order chi connectivity index (χ0) is 42.9. The Labute approximate surface area is 328 Å². The lowest BCUT2D eigenvalue weighted by Crippen LogP contribution is -2.15. The summed E-state index contributed by atoms with van der Waals surface area (Å²) in [5, 5.41) is 37.6. The van der Waals surface area contributed by atoms with Gasteiger partial charge in [-0.1, -0.05) is 42.8 Å². The number of sulfone groups is 2. The summed E-state index contributed by atoms with van der Waals surface area (Å²) in [7, 11) is -9.92. The van der Waals surface area contributed by atoms with Crippen molar-refractivity contribution in [1.82, 2.24) is 29.5 Å². The van der Waals surface area contributed by atoms with Crippen molar-refractivity contribution in [2.75, 3.05) is 0 Å². The first-order valence-corrected chi connectivity index (χ1v) is 19.9. The summed E-state index contributed by atoms with van der Waals surface area (Å²) < 4.78 is 138. The zero-order valence-corrected chi connectivity index (χ0v) is 31.3. The van der Waals surface area contributed by atoms with Crippen LogP contribution < -0.4 is 0 Å². The largest absolute Gasteiger partial charge is 0.416 e. The molecule has 0 aliphatic carbocycles. The van der Waals surface area contributed by atoms with Crippen LogP contribution in [0.5, 0.6) is 0 Å². The van der Waals surface area contributed by atoms with E-state index in [0.717, 1.165) is 9.13 Å². The lowest BCUT2D eigenvalue weighted by atomic mass is 10.1. The standard InChI is InChI=1S/C35H26F6N8O8S2/c36-34(37,38)22-16-18-28(26(20-22)48(50)51)58(54,55)32-44-42-30(46(32)24-10-4-1-5-11-24)14-8-3-9-15-31-43-45-33(47(31)25-12-6-2-7-13-25)59(56,57)29-19-17-23(35(39,40)41)21-27(29)49(52)53/h1-2,4-7,10-13,16-21H,3,8-9,14-15H2. The number of hydrogen-bond donors (Lipinski definition) is 0. The second-order valence-electron chi connectivity index (χ2n) is 12.6. The van der Waals surface area contributed by atoms with Crippen LogP contribution in [0.15, 0.2) is 117 Å². The first kappa shape index (κ1) is 42.1. The molecule has 0 radical (unpaired) electrons. The number of hydrogen-bond acceptors (Lipinski definition) is 12. The summed E-state index contributed by atoms with van der Waals surface area (Å²) in [5.74, 6) is 0.145. The summed E-state index contributed by atoms with van der Waals surface area (Å²) in [6, 6.07) is 17.5. The van der Waals surface area contributed by atoms with Crippen LogP contribution in [0, 0.1) is 20.2 Å². The van der Waals surface area contributed by atoms with E-state index in [0.29, 0.717) is 30.7 Å². The quantitative estimate of drug-likeness (QED) is 0.0455. The highest BCUT2D eigenvalue weighted by Crippen LogP contribution is 2.38. The van der Waals surface area contributed by atoms with Crippen molar-refractivity contribution in [3.8, 4) is 11.4 Å². The summed E-state index contributed by atoms with van der Waals surface area (Å²) in [4.78, 5) is 19.0. The Morgan fingerprint density at radius 2 is 0.881 bits per heavy atom. The molecule has 0 amide bonds. The third kappa shape index (κ3) is 8.53. The van der Waals surface area contributed by atoms with Gasteiger partial charge in [-0.25, -0.2) is 16.8 Å². The van der Waals surface area contributed by atoms with E-state index in [9.17, 15) is 63.4 Å². The fourth-order valence-electron chi connectivity index (χ4n) is 6.01. The number of nitro benzene ring substituents is 2. The van der Waals surface area contributed by atoms with Crippen LogP contribution in [0.25, 0.3) is 11.4 Å². The van der Waals surface area contributed by atoms with Crippen LogP contribution in [-0.2, 0) is 44.9 Å². The lowest BCUT2D eigenvalue weighted by Gasteiger charge is -2.13. The van der Waals surface area contributed by atoms with Crippen LogP contribution in [0.3, 0.4) is 0 Å². The summed E-state index contributed by atoms with van der Waals surface area (Å²) >= 11 is 0. The fourth-order valence-corrected chi connectivity index (χ4v) is 8.92. The Morgan fingerprint density at radius 1 is 0.525 bits per heavy atom. The molecule has 0 aliphatic heterocycles. The predicted octanol–water partition coefficient (Wildman–Crippen LogP) is 7.32. The topological polar surface area (TPSA) is 216 Å². The monoisotopic (exact) mass is 864 g/mol. The first-order chi connectivity index (χ1) is 27.7. The van der Waals surface area contributed by atoms with Crippen molar-refractivity contribution >= 4 is 31.0 Å². The molecule has 0 saturated carbocycles. The molecule has 6 aromatic rings. The van der Waals surface area contributed by atoms with Gasteiger partial charge in [-0.3, -0.25) is 29.4 Å². The molecule has 0 aliphatic rings.